The van der Waals surface area contributed by atoms with Crippen LogP contribution in [0.25, 0.3) is 0 Å². The fourth-order valence-corrected chi connectivity index (χ4v) is 5.84. The monoisotopic (exact) mass is 480 g/mol. The van der Waals surface area contributed by atoms with Crippen molar-refractivity contribution in [2.45, 2.75) is 85.4 Å². The lowest BCUT2D eigenvalue weighted by Crippen LogP contribution is -2.45. The van der Waals surface area contributed by atoms with Crippen molar-refractivity contribution in [2.24, 2.45) is 35.5 Å². The Hall–Kier alpha value is -2.36. The highest BCUT2D eigenvalue weighted by atomic mass is 16.6. The second kappa shape index (κ2) is 12.6. The highest BCUT2D eigenvalue weighted by Gasteiger charge is 2.53. The Kier molecular flexibility index (Phi) is 9.77. The summed E-state index contributed by atoms with van der Waals surface area (Å²) in [5.41, 5.74) is 2.28. The zero-order valence-corrected chi connectivity index (χ0v) is 22.2. The Morgan fingerprint density at radius 1 is 0.857 bits per heavy atom. The van der Waals surface area contributed by atoms with Gasteiger partial charge in [0, 0.05) is 6.08 Å². The summed E-state index contributed by atoms with van der Waals surface area (Å²) in [7, 11) is 0. The van der Waals surface area contributed by atoms with Crippen molar-refractivity contribution in [3.05, 3.63) is 60.3 Å². The lowest BCUT2D eigenvalue weighted by Gasteiger charge is -2.42. The minimum absolute atomic E-state index is 0.226. The lowest BCUT2D eigenvalue weighted by molar-refractivity contribution is -0.174. The molecule has 0 spiro atoms. The van der Waals surface area contributed by atoms with Crippen LogP contribution >= 0.6 is 0 Å². The van der Waals surface area contributed by atoms with E-state index in [1.807, 2.05) is 30.4 Å². The molecule has 0 aromatic heterocycles. The van der Waals surface area contributed by atoms with Gasteiger partial charge in [0.2, 0.25) is 0 Å². The van der Waals surface area contributed by atoms with Gasteiger partial charge < -0.3 is 9.47 Å². The van der Waals surface area contributed by atoms with Crippen molar-refractivity contribution in [3.63, 3.8) is 0 Å². The van der Waals surface area contributed by atoms with Gasteiger partial charge >= 0.3 is 11.9 Å². The van der Waals surface area contributed by atoms with E-state index in [2.05, 4.69) is 41.2 Å². The number of hydrogen-bond donors (Lipinski definition) is 0. The Morgan fingerprint density at radius 3 is 2.06 bits per heavy atom. The predicted molar refractivity (Wildman–Crippen MR) is 141 cm³/mol. The molecule has 6 unspecified atom stereocenters. The average Bonchev–Trinajstić information content (AvgIpc) is 3.41. The molecule has 6 atom stereocenters. The van der Waals surface area contributed by atoms with Crippen LogP contribution in [-0.4, -0.2) is 24.1 Å². The molecule has 0 amide bonds. The molecular formula is C31H44O4. The standard InChI is InChI=1S/C31H44O4/c1-20(2)22(5)11-7-9-13-30(32)34-28-18-26-24-15-16-25(17-24)27(26)19-29(28)35-31(33)14-10-8-12-23(6)21(3)4/h7-13,20-21,24-29H,5,14-19H2,1-4,6H3/b10-8-,11-7-,13-9+,23-12+. The summed E-state index contributed by atoms with van der Waals surface area (Å²) in [5.74, 6) is 2.87. The Morgan fingerprint density at radius 2 is 1.46 bits per heavy atom. The maximum Gasteiger partial charge on any atom is 0.331 e. The predicted octanol–water partition coefficient (Wildman–Crippen LogP) is 7.14. The van der Waals surface area contributed by atoms with E-state index >= 15 is 0 Å². The van der Waals surface area contributed by atoms with E-state index in [1.165, 1.54) is 30.9 Å². The van der Waals surface area contributed by atoms with Crippen molar-refractivity contribution >= 4 is 11.9 Å². The summed E-state index contributed by atoms with van der Waals surface area (Å²) >= 11 is 0. The highest BCUT2D eigenvalue weighted by molar-refractivity contribution is 5.82. The molecule has 4 nitrogen and oxygen atoms in total. The first-order valence-electron chi connectivity index (χ1n) is 13.4. The third-order valence-corrected chi connectivity index (χ3v) is 8.33. The Balaban J connectivity index is 1.60. The van der Waals surface area contributed by atoms with Gasteiger partial charge in [0.15, 0.2) is 0 Å². The molecule has 0 heterocycles. The van der Waals surface area contributed by atoms with Gasteiger partial charge in [-0.05, 0) is 74.5 Å². The molecule has 3 aliphatic rings. The number of ether oxygens (including phenoxy) is 2. The molecule has 0 aliphatic heterocycles. The van der Waals surface area contributed by atoms with Crippen molar-refractivity contribution < 1.29 is 19.1 Å². The maximum atomic E-state index is 12.6. The van der Waals surface area contributed by atoms with Crippen LogP contribution in [0.5, 0.6) is 0 Å². The summed E-state index contributed by atoms with van der Waals surface area (Å²) < 4.78 is 11.8. The molecule has 192 valence electrons. The highest BCUT2D eigenvalue weighted by Crippen LogP contribution is 2.58. The quantitative estimate of drug-likeness (QED) is 0.189. The topological polar surface area (TPSA) is 52.6 Å². The largest absolute Gasteiger partial charge is 0.458 e. The molecule has 3 saturated carbocycles. The first-order chi connectivity index (χ1) is 16.7. The number of hydrogen-bond acceptors (Lipinski definition) is 4. The van der Waals surface area contributed by atoms with E-state index in [9.17, 15) is 9.59 Å². The molecule has 3 rings (SSSR count). The van der Waals surface area contributed by atoms with Gasteiger partial charge in [-0.2, -0.15) is 0 Å². The van der Waals surface area contributed by atoms with E-state index < -0.39 is 0 Å². The second-order valence-electron chi connectivity index (χ2n) is 11.3. The number of allylic oxidation sites excluding steroid dienone is 7. The van der Waals surface area contributed by atoms with Crippen LogP contribution in [0.1, 0.15) is 73.1 Å². The van der Waals surface area contributed by atoms with Crippen LogP contribution in [0, 0.1) is 35.5 Å². The van der Waals surface area contributed by atoms with E-state index in [1.54, 1.807) is 6.08 Å². The zero-order valence-electron chi connectivity index (χ0n) is 22.2. The van der Waals surface area contributed by atoms with Gasteiger partial charge in [-0.25, -0.2) is 4.79 Å². The molecule has 0 saturated heterocycles. The molecule has 0 aromatic rings. The maximum absolute atomic E-state index is 12.6. The number of rotatable bonds is 10. The Labute approximate surface area is 212 Å². The SMILES string of the molecule is C=C(/C=C\C=C\C(=O)OC1CC2C3CCC(C3)C2CC1OC(=O)C/C=C\C=C(/C)C(C)C)C(C)C. The van der Waals surface area contributed by atoms with Crippen molar-refractivity contribution in [1.82, 2.24) is 0 Å². The van der Waals surface area contributed by atoms with E-state index in [0.29, 0.717) is 23.7 Å². The fraction of sp³-hybridized carbons (Fsp3) is 0.613. The number of esters is 2. The first-order valence-corrected chi connectivity index (χ1v) is 13.4. The van der Waals surface area contributed by atoms with Crippen LogP contribution in [-0.2, 0) is 19.1 Å². The zero-order chi connectivity index (χ0) is 25.5. The number of carbonyl (C=O) groups excluding carboxylic acids is 2. The molecule has 2 bridgehead atoms. The van der Waals surface area contributed by atoms with Gasteiger partial charge in [0.05, 0.1) is 6.42 Å². The smallest absolute Gasteiger partial charge is 0.331 e. The van der Waals surface area contributed by atoms with Gasteiger partial charge in [-0.15, -0.1) is 0 Å². The third-order valence-electron chi connectivity index (χ3n) is 8.33. The summed E-state index contributed by atoms with van der Waals surface area (Å²) in [6, 6.07) is 0. The van der Waals surface area contributed by atoms with Gasteiger partial charge in [0.25, 0.3) is 0 Å². The second-order valence-corrected chi connectivity index (χ2v) is 11.3. The van der Waals surface area contributed by atoms with Gasteiger partial charge in [-0.3, -0.25) is 4.79 Å². The van der Waals surface area contributed by atoms with Crippen molar-refractivity contribution in [3.8, 4) is 0 Å². The van der Waals surface area contributed by atoms with Crippen LogP contribution in [0.15, 0.2) is 60.3 Å². The third kappa shape index (κ3) is 7.56. The van der Waals surface area contributed by atoms with Gasteiger partial charge in [-0.1, -0.05) is 81.9 Å². The molecule has 3 fully saturated rings. The van der Waals surface area contributed by atoms with Crippen molar-refractivity contribution in [2.75, 3.05) is 0 Å². The number of fused-ring (bicyclic) bond motifs is 5. The summed E-state index contributed by atoms with van der Waals surface area (Å²) in [4.78, 5) is 25.2. The minimum Gasteiger partial charge on any atom is -0.458 e. The van der Waals surface area contributed by atoms with Crippen LogP contribution in [0.3, 0.4) is 0 Å². The lowest BCUT2D eigenvalue weighted by atomic mass is 9.69. The molecule has 35 heavy (non-hydrogen) atoms. The molecular weight excluding hydrogens is 436 g/mol. The van der Waals surface area contributed by atoms with Crippen LogP contribution < -0.4 is 0 Å². The molecule has 0 radical (unpaired) electrons. The number of carbonyl (C=O) groups is 2. The molecule has 4 heteroatoms. The summed E-state index contributed by atoms with van der Waals surface area (Å²) in [6.07, 6.45) is 17.6. The van der Waals surface area contributed by atoms with E-state index in [4.69, 9.17) is 9.47 Å². The molecule has 3 aliphatic carbocycles. The minimum atomic E-state index is -0.383. The normalized spacial score (nSPS) is 30.7. The molecule has 0 N–H and O–H groups in total. The average molecular weight is 481 g/mol. The first kappa shape index (κ1) is 27.2. The van der Waals surface area contributed by atoms with E-state index in [0.717, 1.165) is 30.3 Å². The Bertz CT molecular complexity index is 888. The fourth-order valence-electron chi connectivity index (χ4n) is 5.84. The molecule has 0 aromatic carbocycles. The van der Waals surface area contributed by atoms with Gasteiger partial charge in [0.1, 0.15) is 12.2 Å². The summed E-state index contributed by atoms with van der Waals surface area (Å²) in [5, 5.41) is 0. The summed E-state index contributed by atoms with van der Waals surface area (Å²) in [6.45, 7) is 14.5. The van der Waals surface area contributed by atoms with E-state index in [-0.39, 0.29) is 30.6 Å². The van der Waals surface area contributed by atoms with Crippen LogP contribution in [0.2, 0.25) is 0 Å². The van der Waals surface area contributed by atoms with Crippen LogP contribution in [0.4, 0.5) is 0 Å². The van der Waals surface area contributed by atoms with Crippen molar-refractivity contribution in [1.29, 1.82) is 0 Å².